The molecular formula is C17H24N4O2. The van der Waals surface area contributed by atoms with E-state index in [9.17, 15) is 9.59 Å². The number of amides is 3. The minimum absolute atomic E-state index is 0.0609. The summed E-state index contributed by atoms with van der Waals surface area (Å²) in [4.78, 5) is 30.5. The van der Waals surface area contributed by atoms with Crippen molar-refractivity contribution in [3.8, 4) is 0 Å². The summed E-state index contributed by atoms with van der Waals surface area (Å²) >= 11 is 0. The van der Waals surface area contributed by atoms with E-state index in [1.54, 1.807) is 17.3 Å². The Morgan fingerprint density at radius 2 is 2.26 bits per heavy atom. The molecule has 1 aromatic heterocycles. The Morgan fingerprint density at radius 1 is 1.43 bits per heavy atom. The molecule has 3 rings (SSSR count). The van der Waals surface area contributed by atoms with E-state index >= 15 is 0 Å². The highest BCUT2D eigenvalue weighted by Gasteiger charge is 2.31. The van der Waals surface area contributed by atoms with Gasteiger partial charge in [-0.3, -0.25) is 9.78 Å². The molecule has 124 valence electrons. The Morgan fingerprint density at radius 3 is 2.96 bits per heavy atom. The number of nitrogens with one attached hydrogen (secondary N) is 2. The summed E-state index contributed by atoms with van der Waals surface area (Å²) in [5, 5.41) is 5.77. The second-order valence-corrected chi connectivity index (χ2v) is 6.59. The topological polar surface area (TPSA) is 74.3 Å². The van der Waals surface area contributed by atoms with Crippen molar-refractivity contribution in [1.29, 1.82) is 0 Å². The lowest BCUT2D eigenvalue weighted by molar-refractivity contribution is -0.121. The molecule has 2 atom stereocenters. The Bertz CT molecular complexity index is 559. The van der Waals surface area contributed by atoms with Crippen LogP contribution in [0.4, 0.5) is 10.5 Å². The molecule has 1 aliphatic carbocycles. The van der Waals surface area contributed by atoms with Crippen LogP contribution in [0.5, 0.6) is 0 Å². The Balaban J connectivity index is 1.54. The van der Waals surface area contributed by atoms with E-state index < -0.39 is 6.04 Å². The van der Waals surface area contributed by atoms with Gasteiger partial charge < -0.3 is 15.5 Å². The van der Waals surface area contributed by atoms with E-state index in [0.717, 1.165) is 24.4 Å². The predicted octanol–water partition coefficient (Wildman–Crippen LogP) is 2.06. The number of carbonyl (C=O) groups is 2. The Kier molecular flexibility index (Phi) is 4.79. The van der Waals surface area contributed by atoms with Gasteiger partial charge in [-0.05, 0) is 44.2 Å². The normalized spacial score (nSPS) is 22.6. The molecule has 1 saturated carbocycles. The van der Waals surface area contributed by atoms with Crippen molar-refractivity contribution in [1.82, 2.24) is 15.6 Å². The highest BCUT2D eigenvalue weighted by molar-refractivity contribution is 5.99. The zero-order chi connectivity index (χ0) is 16.2. The van der Waals surface area contributed by atoms with Crippen LogP contribution in [0.25, 0.3) is 0 Å². The van der Waals surface area contributed by atoms with Gasteiger partial charge in [0.15, 0.2) is 0 Å². The summed E-state index contributed by atoms with van der Waals surface area (Å²) in [6.07, 6.45) is 8.47. The number of hydrogen-bond acceptors (Lipinski definition) is 3. The third kappa shape index (κ3) is 4.21. The van der Waals surface area contributed by atoms with E-state index in [4.69, 9.17) is 0 Å². The van der Waals surface area contributed by atoms with Gasteiger partial charge in [-0.25, -0.2) is 4.79 Å². The van der Waals surface area contributed by atoms with Crippen molar-refractivity contribution in [3.05, 3.63) is 24.5 Å². The Labute approximate surface area is 136 Å². The van der Waals surface area contributed by atoms with Gasteiger partial charge in [0, 0.05) is 18.8 Å². The number of pyridine rings is 1. The minimum Gasteiger partial charge on any atom is -0.336 e. The number of rotatable bonds is 5. The maximum atomic E-state index is 12.6. The van der Waals surface area contributed by atoms with E-state index in [-0.39, 0.29) is 18.0 Å². The van der Waals surface area contributed by atoms with Gasteiger partial charge in [0.25, 0.3) is 0 Å². The molecule has 2 N–H and O–H groups in total. The van der Waals surface area contributed by atoms with Crippen LogP contribution < -0.4 is 15.5 Å². The lowest BCUT2D eigenvalue weighted by Crippen LogP contribution is -2.55. The van der Waals surface area contributed by atoms with Crippen LogP contribution in [0.3, 0.4) is 0 Å². The molecule has 23 heavy (non-hydrogen) atoms. The number of piperidine rings is 1. The quantitative estimate of drug-likeness (QED) is 0.873. The fourth-order valence-corrected chi connectivity index (χ4v) is 3.12. The molecular weight excluding hydrogens is 292 g/mol. The molecule has 2 heterocycles. The monoisotopic (exact) mass is 316 g/mol. The molecule has 1 saturated heterocycles. The number of aromatic nitrogens is 1. The zero-order valence-corrected chi connectivity index (χ0v) is 13.5. The lowest BCUT2D eigenvalue weighted by atomic mass is 10.0. The fourth-order valence-electron chi connectivity index (χ4n) is 3.12. The fraction of sp³-hybridized carbons (Fsp3) is 0.588. The van der Waals surface area contributed by atoms with Crippen molar-refractivity contribution in [2.45, 2.75) is 51.1 Å². The summed E-state index contributed by atoms with van der Waals surface area (Å²) in [5.74, 6) is 0.705. The van der Waals surface area contributed by atoms with E-state index in [0.29, 0.717) is 13.0 Å². The molecule has 1 aliphatic heterocycles. The second kappa shape index (κ2) is 6.98. The van der Waals surface area contributed by atoms with Crippen molar-refractivity contribution < 1.29 is 9.59 Å². The molecule has 0 bridgehead atoms. The molecule has 3 amide bonds. The summed E-state index contributed by atoms with van der Waals surface area (Å²) in [6.45, 7) is 2.69. The van der Waals surface area contributed by atoms with E-state index in [1.807, 2.05) is 19.1 Å². The molecule has 2 aliphatic rings. The molecule has 6 heteroatoms. The third-order valence-electron chi connectivity index (χ3n) is 4.46. The molecule has 2 unspecified atom stereocenters. The van der Waals surface area contributed by atoms with Crippen LogP contribution in [0.1, 0.15) is 39.0 Å². The number of urea groups is 1. The number of carbonyl (C=O) groups excluding carboxylic acids is 2. The summed E-state index contributed by atoms with van der Waals surface area (Å²) in [6, 6.07) is 3.12. The smallest absolute Gasteiger partial charge is 0.315 e. The minimum atomic E-state index is -0.461. The molecule has 2 fully saturated rings. The van der Waals surface area contributed by atoms with Gasteiger partial charge in [0.05, 0.1) is 11.9 Å². The van der Waals surface area contributed by atoms with E-state index in [2.05, 4.69) is 15.6 Å². The van der Waals surface area contributed by atoms with Crippen LogP contribution >= 0.6 is 0 Å². The first kappa shape index (κ1) is 15.8. The van der Waals surface area contributed by atoms with Crippen molar-refractivity contribution in [2.75, 3.05) is 11.4 Å². The standard InChI is InChI=1S/C17H24N4O2/c1-12(10-13-6-7-13)19-17(23)20-15-5-3-9-21(16(15)22)14-4-2-8-18-11-14/h2,4,8,11-13,15H,3,5-7,9-10H2,1H3,(H2,19,20,23). The second-order valence-electron chi connectivity index (χ2n) is 6.59. The lowest BCUT2D eigenvalue weighted by Gasteiger charge is -2.32. The maximum Gasteiger partial charge on any atom is 0.315 e. The van der Waals surface area contributed by atoms with Gasteiger partial charge in [-0.15, -0.1) is 0 Å². The molecule has 1 aromatic rings. The van der Waals surface area contributed by atoms with Gasteiger partial charge in [-0.2, -0.15) is 0 Å². The average molecular weight is 316 g/mol. The van der Waals surface area contributed by atoms with Crippen LogP contribution in [-0.2, 0) is 4.79 Å². The van der Waals surface area contributed by atoms with Gasteiger partial charge in [-0.1, -0.05) is 12.8 Å². The first-order valence-electron chi connectivity index (χ1n) is 8.42. The van der Waals surface area contributed by atoms with Gasteiger partial charge in [0.1, 0.15) is 6.04 Å². The first-order valence-corrected chi connectivity index (χ1v) is 8.42. The van der Waals surface area contributed by atoms with Crippen molar-refractivity contribution in [3.63, 3.8) is 0 Å². The Hall–Kier alpha value is -2.11. The highest BCUT2D eigenvalue weighted by atomic mass is 16.2. The van der Waals surface area contributed by atoms with Crippen LogP contribution in [-0.4, -0.2) is 35.6 Å². The van der Waals surface area contributed by atoms with Crippen LogP contribution in [0.2, 0.25) is 0 Å². The van der Waals surface area contributed by atoms with Gasteiger partial charge in [0.2, 0.25) is 5.91 Å². The largest absolute Gasteiger partial charge is 0.336 e. The average Bonchev–Trinajstić information content (AvgIpc) is 3.34. The van der Waals surface area contributed by atoms with Crippen molar-refractivity contribution in [2.24, 2.45) is 5.92 Å². The molecule has 6 nitrogen and oxygen atoms in total. The zero-order valence-electron chi connectivity index (χ0n) is 13.5. The molecule has 0 aromatic carbocycles. The summed E-state index contributed by atoms with van der Waals surface area (Å²) in [7, 11) is 0. The van der Waals surface area contributed by atoms with E-state index in [1.165, 1.54) is 12.8 Å². The molecule has 0 spiro atoms. The first-order chi connectivity index (χ1) is 11.1. The number of anilines is 1. The number of hydrogen-bond donors (Lipinski definition) is 2. The maximum absolute atomic E-state index is 12.6. The highest BCUT2D eigenvalue weighted by Crippen LogP contribution is 2.33. The number of nitrogens with zero attached hydrogens (tertiary/aromatic N) is 2. The van der Waals surface area contributed by atoms with Crippen LogP contribution in [0, 0.1) is 5.92 Å². The van der Waals surface area contributed by atoms with Gasteiger partial charge >= 0.3 is 6.03 Å². The summed E-state index contributed by atoms with van der Waals surface area (Å²) in [5.41, 5.74) is 0.784. The molecule has 0 radical (unpaired) electrons. The summed E-state index contributed by atoms with van der Waals surface area (Å²) < 4.78 is 0. The third-order valence-corrected chi connectivity index (χ3v) is 4.46. The van der Waals surface area contributed by atoms with Crippen molar-refractivity contribution >= 4 is 17.6 Å². The predicted molar refractivity (Wildman–Crippen MR) is 88.1 cm³/mol. The van der Waals surface area contributed by atoms with Crippen LogP contribution in [0.15, 0.2) is 24.5 Å². The SMILES string of the molecule is CC(CC1CC1)NC(=O)NC1CCCN(c2cccnc2)C1=O.